The maximum absolute atomic E-state index is 12.9. The number of carbonyl (C=O) groups is 1. The molecule has 1 fully saturated rings. The number of hydrogen-bond acceptors (Lipinski definition) is 4. The molecule has 6 nitrogen and oxygen atoms in total. The summed E-state index contributed by atoms with van der Waals surface area (Å²) in [4.78, 5) is 19.5. The third kappa shape index (κ3) is 6.36. The van der Waals surface area contributed by atoms with Gasteiger partial charge >= 0.3 is 6.03 Å². The van der Waals surface area contributed by atoms with Crippen LogP contribution >= 0.6 is 0 Å². The Morgan fingerprint density at radius 2 is 2.03 bits per heavy atom. The van der Waals surface area contributed by atoms with E-state index in [-0.39, 0.29) is 17.5 Å². The Kier molecular flexibility index (Phi) is 7.77. The Morgan fingerprint density at radius 3 is 2.65 bits per heavy atom. The zero-order valence-electron chi connectivity index (χ0n) is 19.3. The van der Waals surface area contributed by atoms with Gasteiger partial charge in [0.1, 0.15) is 5.75 Å². The Bertz CT molecular complexity index is 844. The summed E-state index contributed by atoms with van der Waals surface area (Å²) in [5.41, 5.74) is 2.65. The van der Waals surface area contributed by atoms with Gasteiger partial charge in [-0.3, -0.25) is 4.98 Å². The Labute approximate surface area is 186 Å². The van der Waals surface area contributed by atoms with E-state index in [0.29, 0.717) is 12.3 Å². The largest absolute Gasteiger partial charge is 0.491 e. The van der Waals surface area contributed by atoms with Crippen molar-refractivity contribution >= 4 is 17.4 Å². The number of hydrogen-bond donors (Lipinski definition) is 2. The lowest BCUT2D eigenvalue weighted by atomic mass is 9.83. The van der Waals surface area contributed by atoms with Gasteiger partial charge in [-0.25, -0.2) is 4.79 Å². The Hall–Kier alpha value is -2.76. The first-order valence-corrected chi connectivity index (χ1v) is 11.4. The van der Waals surface area contributed by atoms with E-state index in [1.54, 1.807) is 12.4 Å². The molecule has 1 aliphatic heterocycles. The van der Waals surface area contributed by atoms with Gasteiger partial charge in [-0.05, 0) is 42.0 Å². The molecule has 1 aromatic heterocycles. The minimum Gasteiger partial charge on any atom is -0.491 e. The van der Waals surface area contributed by atoms with Crippen LogP contribution < -0.4 is 20.3 Å². The van der Waals surface area contributed by atoms with Crippen molar-refractivity contribution in [3.05, 3.63) is 48.3 Å². The molecule has 1 aliphatic rings. The van der Waals surface area contributed by atoms with Gasteiger partial charge in [0.2, 0.25) is 0 Å². The summed E-state index contributed by atoms with van der Waals surface area (Å²) >= 11 is 0. The number of urea groups is 1. The maximum Gasteiger partial charge on any atom is 0.319 e. The average Bonchev–Trinajstić information content (AvgIpc) is 2.69. The van der Waals surface area contributed by atoms with Gasteiger partial charge in [-0.15, -0.1) is 0 Å². The Morgan fingerprint density at radius 1 is 1.23 bits per heavy atom. The molecule has 2 amide bonds. The first-order chi connectivity index (χ1) is 14.9. The minimum absolute atomic E-state index is 0.165. The summed E-state index contributed by atoms with van der Waals surface area (Å²) in [5.74, 6) is 0.726. The zero-order chi connectivity index (χ0) is 22.3. The van der Waals surface area contributed by atoms with Gasteiger partial charge in [0.25, 0.3) is 0 Å². The fraction of sp³-hybridized carbons (Fsp3) is 0.520. The molecule has 1 aromatic carbocycles. The second kappa shape index (κ2) is 10.5. The number of nitrogens with one attached hydrogen (secondary N) is 2. The number of amides is 2. The number of ether oxygens (including phenoxy) is 1. The Balaban J connectivity index is 1.73. The highest BCUT2D eigenvalue weighted by Gasteiger charge is 2.28. The lowest BCUT2D eigenvalue weighted by Crippen LogP contribution is -2.39. The molecule has 31 heavy (non-hydrogen) atoms. The molecule has 0 bridgehead atoms. The van der Waals surface area contributed by atoms with Crippen LogP contribution in [0.15, 0.2) is 42.7 Å². The van der Waals surface area contributed by atoms with Crippen LogP contribution in [-0.4, -0.2) is 30.7 Å². The number of carbonyl (C=O) groups excluding carboxylic acids is 1. The molecule has 2 N–H and O–H groups in total. The van der Waals surface area contributed by atoms with Crippen LogP contribution in [0.3, 0.4) is 0 Å². The summed E-state index contributed by atoms with van der Waals surface area (Å²) < 4.78 is 6.08. The van der Waals surface area contributed by atoms with Crippen LogP contribution in [-0.2, 0) is 0 Å². The highest BCUT2D eigenvalue weighted by atomic mass is 16.5. The number of unbranched alkanes of at least 4 members (excludes halogenated alkanes) is 2. The van der Waals surface area contributed by atoms with Gasteiger partial charge in [0, 0.05) is 37.2 Å². The van der Waals surface area contributed by atoms with Gasteiger partial charge in [-0.2, -0.15) is 0 Å². The SMILES string of the molecule is CCCCCOc1cc(N2CCC2)ccc1NC(=O)NC(c1cccnc1)C(C)(C)C. The number of aromatic nitrogens is 1. The van der Waals surface area contributed by atoms with E-state index in [1.165, 1.54) is 6.42 Å². The van der Waals surface area contributed by atoms with Gasteiger partial charge in [0.15, 0.2) is 0 Å². The van der Waals surface area contributed by atoms with Crippen LogP contribution in [0.1, 0.15) is 65.0 Å². The number of anilines is 2. The standard InChI is InChI=1S/C25H36N4O2/c1-5-6-7-16-31-22-17-20(29-14-9-15-29)11-12-21(22)27-24(30)28-23(25(2,3)4)19-10-8-13-26-18-19/h8,10-13,17-18,23H,5-7,9,14-16H2,1-4H3,(H2,27,28,30). The molecule has 1 unspecified atom stereocenters. The first kappa shape index (κ1) is 22.9. The highest BCUT2D eigenvalue weighted by molar-refractivity contribution is 5.91. The molecule has 0 saturated carbocycles. The van der Waals surface area contributed by atoms with E-state index in [0.717, 1.165) is 49.4 Å². The number of rotatable bonds is 9. The minimum atomic E-state index is -0.251. The first-order valence-electron chi connectivity index (χ1n) is 11.4. The molecular weight excluding hydrogens is 388 g/mol. The third-order valence-electron chi connectivity index (χ3n) is 5.60. The molecule has 6 heteroatoms. The molecule has 0 spiro atoms. The summed E-state index contributed by atoms with van der Waals surface area (Å²) in [6.45, 7) is 11.3. The summed E-state index contributed by atoms with van der Waals surface area (Å²) in [6.07, 6.45) is 8.05. The summed E-state index contributed by atoms with van der Waals surface area (Å²) in [5, 5.41) is 6.14. The van der Waals surface area contributed by atoms with E-state index in [9.17, 15) is 4.79 Å². The molecule has 168 valence electrons. The molecule has 1 atom stereocenters. The molecule has 0 radical (unpaired) electrons. The predicted molar refractivity (Wildman–Crippen MR) is 127 cm³/mol. The van der Waals surface area contributed by atoms with E-state index in [2.05, 4.69) is 54.3 Å². The van der Waals surface area contributed by atoms with E-state index in [4.69, 9.17) is 4.74 Å². The van der Waals surface area contributed by atoms with Crippen molar-refractivity contribution in [1.29, 1.82) is 0 Å². The lowest BCUT2D eigenvalue weighted by Gasteiger charge is -2.34. The van der Waals surface area contributed by atoms with Crippen molar-refractivity contribution in [3.8, 4) is 5.75 Å². The smallest absolute Gasteiger partial charge is 0.319 e. The predicted octanol–water partition coefficient (Wildman–Crippen LogP) is 5.77. The van der Waals surface area contributed by atoms with Crippen molar-refractivity contribution in [2.45, 2.75) is 59.4 Å². The van der Waals surface area contributed by atoms with E-state index >= 15 is 0 Å². The number of benzene rings is 1. The van der Waals surface area contributed by atoms with Gasteiger partial charge in [-0.1, -0.05) is 46.6 Å². The van der Waals surface area contributed by atoms with Crippen molar-refractivity contribution in [3.63, 3.8) is 0 Å². The van der Waals surface area contributed by atoms with Crippen LogP contribution in [0, 0.1) is 5.41 Å². The van der Waals surface area contributed by atoms with Gasteiger partial charge < -0.3 is 20.3 Å². The maximum atomic E-state index is 12.9. The van der Waals surface area contributed by atoms with E-state index < -0.39 is 0 Å². The zero-order valence-corrected chi connectivity index (χ0v) is 19.3. The third-order valence-corrected chi connectivity index (χ3v) is 5.60. The highest BCUT2D eigenvalue weighted by Crippen LogP contribution is 2.34. The molecular formula is C25H36N4O2. The fourth-order valence-electron chi connectivity index (χ4n) is 3.68. The molecule has 2 heterocycles. The number of pyridine rings is 1. The average molecular weight is 425 g/mol. The van der Waals surface area contributed by atoms with Crippen molar-refractivity contribution < 1.29 is 9.53 Å². The topological polar surface area (TPSA) is 66.5 Å². The second-order valence-corrected chi connectivity index (χ2v) is 9.26. The monoisotopic (exact) mass is 424 g/mol. The summed E-state index contributed by atoms with van der Waals surface area (Å²) in [6, 6.07) is 9.50. The van der Waals surface area contributed by atoms with Crippen LogP contribution in [0.25, 0.3) is 0 Å². The van der Waals surface area contributed by atoms with Crippen molar-refractivity contribution in [2.24, 2.45) is 5.41 Å². The van der Waals surface area contributed by atoms with Crippen molar-refractivity contribution in [1.82, 2.24) is 10.3 Å². The van der Waals surface area contributed by atoms with E-state index in [1.807, 2.05) is 24.3 Å². The number of nitrogens with zero attached hydrogens (tertiary/aromatic N) is 2. The van der Waals surface area contributed by atoms with Crippen LogP contribution in [0.2, 0.25) is 0 Å². The molecule has 0 aliphatic carbocycles. The summed E-state index contributed by atoms with van der Waals surface area (Å²) in [7, 11) is 0. The normalized spacial score (nSPS) is 14.5. The van der Waals surface area contributed by atoms with Crippen LogP contribution in [0.5, 0.6) is 5.75 Å². The molecule has 3 rings (SSSR count). The molecule has 2 aromatic rings. The van der Waals surface area contributed by atoms with Crippen molar-refractivity contribution in [2.75, 3.05) is 29.9 Å². The van der Waals surface area contributed by atoms with Gasteiger partial charge in [0.05, 0.1) is 18.3 Å². The molecule has 1 saturated heterocycles. The fourth-order valence-corrected chi connectivity index (χ4v) is 3.68. The second-order valence-electron chi connectivity index (χ2n) is 9.26. The lowest BCUT2D eigenvalue weighted by molar-refractivity contribution is 0.229. The van der Waals surface area contributed by atoms with Crippen LogP contribution in [0.4, 0.5) is 16.2 Å². The quantitative estimate of drug-likeness (QED) is 0.502.